The second-order valence-corrected chi connectivity index (χ2v) is 24.6. The SMILES string of the molecule is C=CC(=O)OCC1CC2C3CC(COC(=O)c4ccc(C(=O)OCC5CC6CC5C5CC(COC(=O)C(=C)C)CC65)cc4C(=O)OCC4CC5CC4C4CC(COC(=O)c6ccc(C)c(C)c6)CC54)C(C3)C2C1. The largest absolute Gasteiger partial charge is 0.462 e. The fraction of sp³-hybridized carbons (Fsp3) is 0.639. The minimum absolute atomic E-state index is 0.0137. The Morgan fingerprint density at radius 1 is 0.452 bits per heavy atom. The van der Waals surface area contributed by atoms with Gasteiger partial charge in [-0.3, -0.25) is 0 Å². The molecule has 11 rings (SSSR count). The van der Waals surface area contributed by atoms with Gasteiger partial charge in [-0.15, -0.1) is 0 Å². The van der Waals surface area contributed by atoms with Crippen molar-refractivity contribution < 1.29 is 57.2 Å². The van der Waals surface area contributed by atoms with Crippen LogP contribution in [0.4, 0.5) is 0 Å². The van der Waals surface area contributed by atoms with Gasteiger partial charge in [0.2, 0.25) is 0 Å². The third kappa shape index (κ3) is 9.82. The molecule has 0 amide bonds. The third-order valence-corrected chi connectivity index (χ3v) is 20.7. The van der Waals surface area contributed by atoms with Crippen LogP contribution < -0.4 is 0 Å². The molecule has 2 aromatic carbocycles. The highest BCUT2D eigenvalue weighted by Crippen LogP contribution is 2.64. The highest BCUT2D eigenvalue weighted by molar-refractivity contribution is 6.05. The average molecular weight is 999 g/mol. The lowest BCUT2D eigenvalue weighted by Gasteiger charge is -2.31. The van der Waals surface area contributed by atoms with Crippen molar-refractivity contribution in [2.24, 2.45) is 107 Å². The van der Waals surface area contributed by atoms with Crippen molar-refractivity contribution in [3.8, 4) is 0 Å². The van der Waals surface area contributed by atoms with Gasteiger partial charge in [-0.05, 0) is 246 Å². The first-order chi connectivity index (χ1) is 35.2. The van der Waals surface area contributed by atoms with Crippen molar-refractivity contribution in [1.29, 1.82) is 0 Å². The zero-order valence-electron chi connectivity index (χ0n) is 43.0. The van der Waals surface area contributed by atoms with Crippen molar-refractivity contribution in [3.05, 3.63) is 94.6 Å². The summed E-state index contributed by atoms with van der Waals surface area (Å²) in [6.45, 7) is 14.9. The fourth-order valence-corrected chi connectivity index (χ4v) is 17.5. The summed E-state index contributed by atoms with van der Waals surface area (Å²) in [7, 11) is 0. The minimum Gasteiger partial charge on any atom is -0.462 e. The van der Waals surface area contributed by atoms with E-state index < -0.39 is 17.9 Å². The molecule has 390 valence electrons. The summed E-state index contributed by atoms with van der Waals surface area (Å²) in [6, 6.07) is 10.2. The van der Waals surface area contributed by atoms with Gasteiger partial charge in [-0.1, -0.05) is 19.2 Å². The summed E-state index contributed by atoms with van der Waals surface area (Å²) in [6.07, 6.45) is 13.7. The molecule has 73 heavy (non-hydrogen) atoms. The molecule has 9 aliphatic rings. The first-order valence-corrected chi connectivity index (χ1v) is 27.7. The molecule has 12 heteroatoms. The van der Waals surface area contributed by atoms with Gasteiger partial charge in [0.15, 0.2) is 0 Å². The smallest absolute Gasteiger partial charge is 0.339 e. The summed E-state index contributed by atoms with van der Waals surface area (Å²) in [5.74, 6) is 5.12. The lowest BCUT2D eigenvalue weighted by Crippen LogP contribution is -2.29. The van der Waals surface area contributed by atoms with Gasteiger partial charge < -0.3 is 28.4 Å². The Kier molecular flexibility index (Phi) is 14.0. The zero-order chi connectivity index (χ0) is 50.8. The summed E-state index contributed by atoms with van der Waals surface area (Å²) in [5, 5.41) is 0. The summed E-state index contributed by atoms with van der Waals surface area (Å²) in [5.41, 5.74) is 3.49. The highest BCUT2D eigenvalue weighted by atomic mass is 16.6. The number of carbonyl (C=O) groups is 6. The maximum Gasteiger partial charge on any atom is 0.339 e. The average Bonchev–Trinajstić information content (AvgIpc) is 4.25. The van der Waals surface area contributed by atoms with E-state index in [4.69, 9.17) is 28.4 Å². The molecule has 18 atom stereocenters. The molecule has 9 fully saturated rings. The first kappa shape index (κ1) is 49.9. The summed E-state index contributed by atoms with van der Waals surface area (Å²) < 4.78 is 35.1. The Morgan fingerprint density at radius 2 is 0.863 bits per heavy atom. The van der Waals surface area contributed by atoms with E-state index >= 15 is 0 Å². The van der Waals surface area contributed by atoms with Gasteiger partial charge in [0.25, 0.3) is 0 Å². The van der Waals surface area contributed by atoms with E-state index in [0.29, 0.717) is 120 Å². The molecular weight excluding hydrogens is 925 g/mol. The number of hydrogen-bond donors (Lipinski definition) is 0. The topological polar surface area (TPSA) is 158 Å². The fourth-order valence-electron chi connectivity index (χ4n) is 17.5. The van der Waals surface area contributed by atoms with Crippen LogP contribution in [0.1, 0.15) is 137 Å². The predicted octanol–water partition coefficient (Wildman–Crippen LogP) is 10.4. The van der Waals surface area contributed by atoms with Crippen molar-refractivity contribution in [2.45, 2.75) is 97.8 Å². The van der Waals surface area contributed by atoms with Crippen LogP contribution in [0.2, 0.25) is 0 Å². The normalized spacial score (nSPS) is 36.5. The van der Waals surface area contributed by atoms with Crippen molar-refractivity contribution in [2.75, 3.05) is 39.6 Å². The summed E-state index contributed by atoms with van der Waals surface area (Å²) >= 11 is 0. The number of rotatable bonds is 18. The second-order valence-electron chi connectivity index (χ2n) is 24.6. The Hall–Kier alpha value is -5.26. The number of aryl methyl sites for hydroxylation is 2. The molecular formula is C61H74O12. The Balaban J connectivity index is 0.723. The monoisotopic (exact) mass is 999 g/mol. The molecule has 0 aromatic heterocycles. The molecule has 6 bridgehead atoms. The van der Waals surface area contributed by atoms with E-state index in [9.17, 15) is 28.8 Å². The predicted molar refractivity (Wildman–Crippen MR) is 269 cm³/mol. The lowest BCUT2D eigenvalue weighted by atomic mass is 9.76. The highest BCUT2D eigenvalue weighted by Gasteiger charge is 2.58. The Labute approximate surface area is 430 Å². The molecule has 0 aliphatic heterocycles. The first-order valence-electron chi connectivity index (χ1n) is 27.7. The van der Waals surface area contributed by atoms with Crippen LogP contribution >= 0.6 is 0 Å². The zero-order valence-corrected chi connectivity index (χ0v) is 43.0. The quantitative estimate of drug-likeness (QED) is 0.0792. The van der Waals surface area contributed by atoms with Gasteiger partial charge >= 0.3 is 35.8 Å². The van der Waals surface area contributed by atoms with Gasteiger partial charge in [-0.25, -0.2) is 28.8 Å². The van der Waals surface area contributed by atoms with Crippen LogP contribution in [0.3, 0.4) is 0 Å². The van der Waals surface area contributed by atoms with Crippen LogP contribution in [0.15, 0.2) is 61.2 Å². The minimum atomic E-state index is -0.649. The Morgan fingerprint density at radius 3 is 1.34 bits per heavy atom. The molecule has 0 spiro atoms. The summed E-state index contributed by atoms with van der Waals surface area (Å²) in [4.78, 5) is 79.1. The van der Waals surface area contributed by atoms with E-state index in [-0.39, 0.29) is 72.2 Å². The molecule has 0 saturated heterocycles. The van der Waals surface area contributed by atoms with E-state index in [1.54, 1.807) is 13.0 Å². The van der Waals surface area contributed by atoms with Crippen molar-refractivity contribution in [1.82, 2.24) is 0 Å². The van der Waals surface area contributed by atoms with Gasteiger partial charge in [0, 0.05) is 11.6 Å². The van der Waals surface area contributed by atoms with Gasteiger partial charge in [-0.2, -0.15) is 0 Å². The van der Waals surface area contributed by atoms with Gasteiger partial charge in [0.1, 0.15) is 0 Å². The number of esters is 6. The maximum absolute atomic E-state index is 14.3. The van der Waals surface area contributed by atoms with Crippen molar-refractivity contribution >= 4 is 35.8 Å². The third-order valence-electron chi connectivity index (χ3n) is 20.7. The molecule has 9 aliphatic carbocycles. The molecule has 0 N–H and O–H groups in total. The van der Waals surface area contributed by atoms with Crippen LogP contribution in [0.25, 0.3) is 0 Å². The van der Waals surface area contributed by atoms with Crippen LogP contribution in [0.5, 0.6) is 0 Å². The van der Waals surface area contributed by atoms with Crippen LogP contribution in [-0.2, 0) is 38.0 Å². The second kappa shape index (κ2) is 20.5. The molecule has 9 saturated carbocycles. The van der Waals surface area contributed by atoms with E-state index in [1.165, 1.54) is 18.2 Å². The standard InChI is InChI=1S/C61H74O12/c1-6-56(62)68-25-34-12-46-40-19-43(50(23-40)52(46)15-34)29-72-60(66)45-10-9-38(59(65)71-28-42-18-39-22-49(42)53-16-35(13-47(39)53)26-69-57(63)31(2)3)21-55(45)61(67)73-30-44-20-41-24-51(44)54-17-36(14-48(41)54)27-70-58(64)37-8-7-32(4)33(5)11-37/h6-11,21,34-36,39-44,46-54H,1-2,12-20,22-30H2,3-5H3. The molecule has 2 aromatic rings. The van der Waals surface area contributed by atoms with E-state index in [0.717, 1.165) is 88.2 Å². The molecule has 0 radical (unpaired) electrons. The maximum atomic E-state index is 14.3. The van der Waals surface area contributed by atoms with Crippen LogP contribution in [0, 0.1) is 120 Å². The number of hydrogen-bond acceptors (Lipinski definition) is 12. The van der Waals surface area contributed by atoms with E-state index in [1.807, 2.05) is 32.0 Å². The number of benzene rings is 2. The molecule has 12 nitrogen and oxygen atoms in total. The van der Waals surface area contributed by atoms with E-state index in [2.05, 4.69) is 13.2 Å². The number of carbonyl (C=O) groups excluding carboxylic acids is 6. The van der Waals surface area contributed by atoms with Gasteiger partial charge in [0.05, 0.1) is 61.9 Å². The Bertz CT molecular complexity index is 2540. The number of ether oxygens (including phenoxy) is 6. The van der Waals surface area contributed by atoms with Crippen LogP contribution in [-0.4, -0.2) is 75.5 Å². The lowest BCUT2D eigenvalue weighted by molar-refractivity contribution is -0.140. The van der Waals surface area contributed by atoms with Crippen molar-refractivity contribution in [3.63, 3.8) is 0 Å². The molecule has 0 heterocycles. The number of fused-ring (bicyclic) bond motifs is 15. The molecule has 18 unspecified atom stereocenters.